The van der Waals surface area contributed by atoms with Crippen molar-refractivity contribution >= 4 is 11.8 Å². The van der Waals surface area contributed by atoms with Gasteiger partial charge in [0.25, 0.3) is 0 Å². The number of thioether (sulfide) groups is 1. The van der Waals surface area contributed by atoms with Gasteiger partial charge in [0, 0.05) is 17.3 Å². The third-order valence-corrected chi connectivity index (χ3v) is 4.88. The van der Waals surface area contributed by atoms with Crippen LogP contribution >= 0.6 is 11.8 Å². The maximum Gasteiger partial charge on any atom is 0.0225 e. The van der Waals surface area contributed by atoms with Gasteiger partial charge in [-0.05, 0) is 45.3 Å². The predicted octanol–water partition coefficient (Wildman–Crippen LogP) is 3.69. The van der Waals surface area contributed by atoms with E-state index < -0.39 is 0 Å². The summed E-state index contributed by atoms with van der Waals surface area (Å²) < 4.78 is 0.387. The molecule has 0 heterocycles. The van der Waals surface area contributed by atoms with Crippen LogP contribution in [0.15, 0.2) is 0 Å². The van der Waals surface area contributed by atoms with Gasteiger partial charge in [0.15, 0.2) is 0 Å². The molecule has 0 amide bonds. The zero-order valence-corrected chi connectivity index (χ0v) is 11.6. The third-order valence-electron chi connectivity index (χ3n) is 3.63. The summed E-state index contributed by atoms with van der Waals surface area (Å²) in [5.41, 5.74) is 0. The summed E-state index contributed by atoms with van der Waals surface area (Å²) in [5.74, 6) is 0.949. The fourth-order valence-electron chi connectivity index (χ4n) is 2.15. The van der Waals surface area contributed by atoms with E-state index in [1.165, 1.54) is 32.1 Å². The molecule has 0 aromatic carbocycles. The van der Waals surface area contributed by atoms with Crippen molar-refractivity contribution in [1.82, 2.24) is 5.32 Å². The monoisotopic (exact) mass is 229 g/mol. The van der Waals surface area contributed by atoms with E-state index >= 15 is 0 Å². The number of hydrogen-bond donors (Lipinski definition) is 1. The molecule has 0 aromatic rings. The van der Waals surface area contributed by atoms with E-state index in [0.717, 1.165) is 18.5 Å². The largest absolute Gasteiger partial charge is 0.313 e. The van der Waals surface area contributed by atoms with Crippen LogP contribution in [0.25, 0.3) is 0 Å². The lowest BCUT2D eigenvalue weighted by Gasteiger charge is -2.26. The second kappa shape index (κ2) is 6.15. The van der Waals surface area contributed by atoms with Crippen LogP contribution in [0.1, 0.15) is 52.9 Å². The van der Waals surface area contributed by atoms with Crippen LogP contribution < -0.4 is 5.32 Å². The molecule has 1 N–H and O–H groups in total. The molecule has 15 heavy (non-hydrogen) atoms. The average Bonchev–Trinajstić information content (AvgIpc) is 2.40. The molecule has 0 spiro atoms. The van der Waals surface area contributed by atoms with Gasteiger partial charge in [0.05, 0.1) is 0 Å². The normalized spacial score (nSPS) is 28.8. The number of hydrogen-bond acceptors (Lipinski definition) is 2. The highest BCUT2D eigenvalue weighted by atomic mass is 32.2. The molecule has 2 heteroatoms. The minimum absolute atomic E-state index is 0.387. The van der Waals surface area contributed by atoms with Gasteiger partial charge in [-0.2, -0.15) is 11.8 Å². The standard InChI is InChI=1S/C13H27NS/c1-11-6-5-7-12(9-8-11)14-10-13(2,3)15-4/h11-12,14H,5-10H2,1-4H3. The molecule has 0 aliphatic heterocycles. The van der Waals surface area contributed by atoms with Crippen molar-refractivity contribution in [2.75, 3.05) is 12.8 Å². The molecule has 0 radical (unpaired) electrons. The van der Waals surface area contributed by atoms with E-state index in [1.54, 1.807) is 0 Å². The summed E-state index contributed by atoms with van der Waals surface area (Å²) in [6.07, 6.45) is 9.23. The van der Waals surface area contributed by atoms with Crippen molar-refractivity contribution < 1.29 is 0 Å². The average molecular weight is 229 g/mol. The molecule has 2 atom stereocenters. The number of nitrogens with one attached hydrogen (secondary N) is 1. The van der Waals surface area contributed by atoms with Gasteiger partial charge in [-0.3, -0.25) is 0 Å². The minimum atomic E-state index is 0.387. The molecule has 1 aliphatic carbocycles. The molecule has 1 aliphatic rings. The molecular formula is C13H27NS. The molecule has 1 saturated carbocycles. The Labute approximate surface area is 99.8 Å². The highest BCUT2D eigenvalue weighted by Gasteiger charge is 2.20. The van der Waals surface area contributed by atoms with E-state index in [4.69, 9.17) is 0 Å². The maximum absolute atomic E-state index is 3.75. The highest BCUT2D eigenvalue weighted by Crippen LogP contribution is 2.24. The summed E-state index contributed by atoms with van der Waals surface area (Å²) in [6, 6.07) is 0.779. The van der Waals surface area contributed by atoms with Crippen molar-refractivity contribution in [2.45, 2.75) is 63.7 Å². The lowest BCUT2D eigenvalue weighted by molar-refractivity contribution is 0.431. The zero-order chi connectivity index (χ0) is 11.3. The van der Waals surface area contributed by atoms with E-state index in [2.05, 4.69) is 32.3 Å². The Bertz CT molecular complexity index is 179. The van der Waals surface area contributed by atoms with Crippen molar-refractivity contribution in [1.29, 1.82) is 0 Å². The Morgan fingerprint density at radius 1 is 1.20 bits per heavy atom. The Kier molecular flexibility index (Phi) is 5.48. The fourth-order valence-corrected chi connectivity index (χ4v) is 2.38. The SMILES string of the molecule is CSC(C)(C)CNC1CCCC(C)CC1. The van der Waals surface area contributed by atoms with Crippen LogP contribution in [-0.2, 0) is 0 Å². The molecule has 90 valence electrons. The molecule has 1 fully saturated rings. The van der Waals surface area contributed by atoms with Gasteiger partial charge in [-0.15, -0.1) is 0 Å². The molecule has 2 unspecified atom stereocenters. The third kappa shape index (κ3) is 5.26. The van der Waals surface area contributed by atoms with E-state index in [0.29, 0.717) is 4.75 Å². The van der Waals surface area contributed by atoms with Crippen molar-refractivity contribution in [3.05, 3.63) is 0 Å². The second-order valence-corrected chi connectivity index (χ2v) is 7.17. The molecule has 1 rings (SSSR count). The van der Waals surface area contributed by atoms with Crippen molar-refractivity contribution in [2.24, 2.45) is 5.92 Å². The number of rotatable bonds is 4. The Morgan fingerprint density at radius 2 is 1.93 bits per heavy atom. The van der Waals surface area contributed by atoms with Crippen LogP contribution in [0.4, 0.5) is 0 Å². The predicted molar refractivity (Wildman–Crippen MR) is 71.6 cm³/mol. The van der Waals surface area contributed by atoms with E-state index in [9.17, 15) is 0 Å². The van der Waals surface area contributed by atoms with Crippen molar-refractivity contribution in [3.63, 3.8) is 0 Å². The van der Waals surface area contributed by atoms with Crippen molar-refractivity contribution in [3.8, 4) is 0 Å². The minimum Gasteiger partial charge on any atom is -0.313 e. The summed E-state index contributed by atoms with van der Waals surface area (Å²) >= 11 is 1.96. The summed E-state index contributed by atoms with van der Waals surface area (Å²) in [4.78, 5) is 0. The molecule has 0 bridgehead atoms. The Morgan fingerprint density at radius 3 is 2.60 bits per heavy atom. The highest BCUT2D eigenvalue weighted by molar-refractivity contribution is 7.99. The first-order chi connectivity index (χ1) is 7.03. The molecular weight excluding hydrogens is 202 g/mol. The molecule has 1 nitrogen and oxygen atoms in total. The molecule has 0 saturated heterocycles. The van der Waals surface area contributed by atoms with Crippen LogP contribution in [-0.4, -0.2) is 23.6 Å². The van der Waals surface area contributed by atoms with Crippen LogP contribution in [0.5, 0.6) is 0 Å². The topological polar surface area (TPSA) is 12.0 Å². The van der Waals surface area contributed by atoms with Gasteiger partial charge < -0.3 is 5.32 Å². The van der Waals surface area contributed by atoms with Gasteiger partial charge in [0.1, 0.15) is 0 Å². The smallest absolute Gasteiger partial charge is 0.0225 e. The van der Waals surface area contributed by atoms with Crippen LogP contribution in [0, 0.1) is 5.92 Å². The van der Waals surface area contributed by atoms with Gasteiger partial charge in [-0.25, -0.2) is 0 Å². The van der Waals surface area contributed by atoms with E-state index in [1.807, 2.05) is 11.8 Å². The fraction of sp³-hybridized carbons (Fsp3) is 1.00. The van der Waals surface area contributed by atoms with Crippen LogP contribution in [0.3, 0.4) is 0 Å². The summed E-state index contributed by atoms with van der Waals surface area (Å²) in [7, 11) is 0. The first-order valence-corrected chi connectivity index (χ1v) is 7.54. The first kappa shape index (κ1) is 13.4. The quantitative estimate of drug-likeness (QED) is 0.738. The van der Waals surface area contributed by atoms with Gasteiger partial charge >= 0.3 is 0 Å². The summed E-state index contributed by atoms with van der Waals surface area (Å²) in [5, 5.41) is 3.75. The maximum atomic E-state index is 3.75. The van der Waals surface area contributed by atoms with Gasteiger partial charge in [0.2, 0.25) is 0 Å². The Hall–Kier alpha value is 0.310. The zero-order valence-electron chi connectivity index (χ0n) is 10.8. The molecule has 0 aromatic heterocycles. The van der Waals surface area contributed by atoms with E-state index in [-0.39, 0.29) is 0 Å². The lowest BCUT2D eigenvalue weighted by Crippen LogP contribution is -2.38. The van der Waals surface area contributed by atoms with Gasteiger partial charge in [-0.1, -0.05) is 19.8 Å². The summed E-state index contributed by atoms with van der Waals surface area (Å²) in [6.45, 7) is 8.19. The van der Waals surface area contributed by atoms with Crippen LogP contribution in [0.2, 0.25) is 0 Å². The first-order valence-electron chi connectivity index (χ1n) is 6.32. The second-order valence-electron chi connectivity index (χ2n) is 5.66. The Balaban J connectivity index is 2.26. The lowest BCUT2D eigenvalue weighted by atomic mass is 10.0.